The Labute approximate surface area is 166 Å². The zero-order valence-electron chi connectivity index (χ0n) is 15.1. The van der Waals surface area contributed by atoms with E-state index in [1.165, 1.54) is 6.33 Å². The first kappa shape index (κ1) is 17.9. The Kier molecular flexibility index (Phi) is 4.67. The van der Waals surface area contributed by atoms with Gasteiger partial charge in [-0.2, -0.15) is 0 Å². The van der Waals surface area contributed by atoms with Crippen LogP contribution in [0.25, 0.3) is 22.2 Å². The van der Waals surface area contributed by atoms with Crippen LogP contribution in [0.2, 0.25) is 5.02 Å². The highest BCUT2D eigenvalue weighted by molar-refractivity contribution is 6.31. The molecule has 0 fully saturated rings. The zero-order chi connectivity index (χ0) is 19.7. The topological polar surface area (TPSA) is 116 Å². The van der Waals surface area contributed by atoms with E-state index in [4.69, 9.17) is 23.1 Å². The second-order valence-corrected chi connectivity index (χ2v) is 6.79. The van der Waals surface area contributed by atoms with Crippen LogP contribution in [0, 0.1) is 0 Å². The van der Waals surface area contributed by atoms with Crippen molar-refractivity contribution in [2.75, 3.05) is 16.8 Å². The number of anilines is 3. The zero-order valence-corrected chi connectivity index (χ0v) is 15.9. The number of nitrogen functional groups attached to an aromatic ring is 2. The maximum atomic E-state index is 6.27. The molecule has 0 unspecified atom stereocenters. The van der Waals surface area contributed by atoms with E-state index in [1.807, 2.05) is 49.5 Å². The van der Waals surface area contributed by atoms with Crippen LogP contribution in [0.1, 0.15) is 18.5 Å². The molecule has 0 aliphatic carbocycles. The molecule has 4 rings (SSSR count). The lowest BCUT2D eigenvalue weighted by Crippen LogP contribution is -2.13. The Hall–Kier alpha value is -3.45. The number of nitrogens with one attached hydrogen (secondary N) is 1. The summed E-state index contributed by atoms with van der Waals surface area (Å²) in [6.07, 6.45) is 4.97. The predicted octanol–water partition coefficient (Wildman–Crippen LogP) is 4.08. The van der Waals surface area contributed by atoms with Crippen molar-refractivity contribution >= 4 is 39.8 Å². The smallest absolute Gasteiger partial charge is 0.155 e. The Morgan fingerprint density at radius 3 is 2.68 bits per heavy atom. The quantitative estimate of drug-likeness (QED) is 0.480. The van der Waals surface area contributed by atoms with Crippen LogP contribution in [0.4, 0.5) is 17.3 Å². The van der Waals surface area contributed by atoms with E-state index in [9.17, 15) is 0 Å². The molecule has 3 heterocycles. The summed E-state index contributed by atoms with van der Waals surface area (Å²) in [5, 5.41) is 4.86. The summed E-state index contributed by atoms with van der Waals surface area (Å²) in [6, 6.07) is 11.2. The summed E-state index contributed by atoms with van der Waals surface area (Å²) in [4.78, 5) is 17.2. The molecule has 28 heavy (non-hydrogen) atoms. The molecule has 1 aromatic carbocycles. The monoisotopic (exact) mass is 391 g/mol. The van der Waals surface area contributed by atoms with Gasteiger partial charge >= 0.3 is 0 Å². The minimum absolute atomic E-state index is 0.176. The first-order chi connectivity index (χ1) is 13.5. The molecule has 4 aromatic rings. The molecule has 0 saturated heterocycles. The van der Waals surface area contributed by atoms with Gasteiger partial charge in [0, 0.05) is 33.9 Å². The Morgan fingerprint density at radius 1 is 1.04 bits per heavy atom. The number of pyridine rings is 2. The van der Waals surface area contributed by atoms with Crippen molar-refractivity contribution in [3.05, 3.63) is 65.7 Å². The summed E-state index contributed by atoms with van der Waals surface area (Å²) >= 11 is 6.27. The third-order valence-corrected chi connectivity index (χ3v) is 4.75. The predicted molar refractivity (Wildman–Crippen MR) is 113 cm³/mol. The molecule has 0 aliphatic heterocycles. The molecule has 0 amide bonds. The highest BCUT2D eigenvalue weighted by Gasteiger charge is 2.19. The number of fused-ring (bicyclic) bond motifs is 1. The van der Waals surface area contributed by atoms with Gasteiger partial charge < -0.3 is 16.8 Å². The lowest BCUT2D eigenvalue weighted by atomic mass is 9.96. The van der Waals surface area contributed by atoms with Gasteiger partial charge in [-0.1, -0.05) is 17.7 Å². The van der Waals surface area contributed by atoms with Crippen molar-refractivity contribution in [2.24, 2.45) is 0 Å². The van der Waals surface area contributed by atoms with Crippen LogP contribution in [0.3, 0.4) is 0 Å². The second-order valence-electron chi connectivity index (χ2n) is 6.35. The van der Waals surface area contributed by atoms with E-state index in [-0.39, 0.29) is 11.9 Å². The number of rotatable bonds is 4. The summed E-state index contributed by atoms with van der Waals surface area (Å²) in [7, 11) is 0. The van der Waals surface area contributed by atoms with Gasteiger partial charge in [0.25, 0.3) is 0 Å². The molecule has 0 spiro atoms. The number of hydrogen-bond donors (Lipinski definition) is 3. The molecule has 0 aliphatic rings. The van der Waals surface area contributed by atoms with Gasteiger partial charge in [-0.25, -0.2) is 9.97 Å². The van der Waals surface area contributed by atoms with E-state index in [1.54, 1.807) is 6.20 Å². The van der Waals surface area contributed by atoms with E-state index < -0.39 is 0 Å². The van der Waals surface area contributed by atoms with Crippen molar-refractivity contribution in [1.29, 1.82) is 0 Å². The molecule has 1 atom stereocenters. The molecular weight excluding hydrogens is 374 g/mol. The van der Waals surface area contributed by atoms with Crippen LogP contribution in [-0.4, -0.2) is 19.9 Å². The number of benzene rings is 1. The van der Waals surface area contributed by atoms with Gasteiger partial charge in [0.15, 0.2) is 11.6 Å². The third-order valence-electron chi connectivity index (χ3n) is 4.51. The van der Waals surface area contributed by atoms with Crippen molar-refractivity contribution < 1.29 is 0 Å². The number of hydrogen-bond acceptors (Lipinski definition) is 7. The molecule has 0 saturated carbocycles. The number of aromatic nitrogens is 4. The van der Waals surface area contributed by atoms with E-state index >= 15 is 0 Å². The molecule has 8 heteroatoms. The van der Waals surface area contributed by atoms with Crippen LogP contribution in [0.5, 0.6) is 0 Å². The van der Waals surface area contributed by atoms with Gasteiger partial charge in [0.05, 0.1) is 17.3 Å². The highest BCUT2D eigenvalue weighted by atomic mass is 35.5. The average molecular weight is 392 g/mol. The highest BCUT2D eigenvalue weighted by Crippen LogP contribution is 2.36. The number of halogens is 1. The largest absolute Gasteiger partial charge is 0.393 e. The first-order valence-corrected chi connectivity index (χ1v) is 9.04. The van der Waals surface area contributed by atoms with Crippen LogP contribution < -0.4 is 16.8 Å². The van der Waals surface area contributed by atoms with Crippen LogP contribution in [-0.2, 0) is 0 Å². The first-order valence-electron chi connectivity index (χ1n) is 8.66. The minimum Gasteiger partial charge on any atom is -0.393 e. The number of nitrogens with two attached hydrogens (primary N) is 2. The van der Waals surface area contributed by atoms with Crippen molar-refractivity contribution in [1.82, 2.24) is 19.9 Å². The van der Waals surface area contributed by atoms with Crippen molar-refractivity contribution in [3.8, 4) is 11.3 Å². The summed E-state index contributed by atoms with van der Waals surface area (Å²) < 4.78 is 0. The van der Waals surface area contributed by atoms with E-state index in [0.717, 1.165) is 27.7 Å². The Balaban J connectivity index is 1.87. The standard InChI is InChI=1S/C20H18ClN7/c1-11(28-20-18(22)19(23)26-10-27-20)14-9-25-15-6-5-12(21)8-13(15)17(14)16-4-2-3-7-24-16/h2-11H,22H2,1H3,(H3,23,26,27,28)/t11-/m1/s1. The van der Waals surface area contributed by atoms with Crippen molar-refractivity contribution in [2.45, 2.75) is 13.0 Å². The molecule has 3 aromatic heterocycles. The second kappa shape index (κ2) is 7.28. The Morgan fingerprint density at radius 2 is 1.89 bits per heavy atom. The van der Waals surface area contributed by atoms with Gasteiger partial charge in [-0.05, 0) is 37.3 Å². The van der Waals surface area contributed by atoms with Gasteiger partial charge in [0.1, 0.15) is 12.0 Å². The fraction of sp³-hybridized carbons (Fsp3) is 0.100. The lowest BCUT2D eigenvalue weighted by Gasteiger charge is -2.20. The summed E-state index contributed by atoms with van der Waals surface area (Å²) in [5.41, 5.74) is 15.7. The van der Waals surface area contributed by atoms with Crippen LogP contribution in [0.15, 0.2) is 55.1 Å². The average Bonchev–Trinajstić information content (AvgIpc) is 2.71. The maximum Gasteiger partial charge on any atom is 0.155 e. The van der Waals surface area contributed by atoms with E-state index in [2.05, 4.69) is 25.3 Å². The van der Waals surface area contributed by atoms with Gasteiger partial charge in [-0.15, -0.1) is 0 Å². The van der Waals surface area contributed by atoms with E-state index in [0.29, 0.717) is 16.5 Å². The van der Waals surface area contributed by atoms with Gasteiger partial charge in [0.2, 0.25) is 0 Å². The number of nitrogens with zero attached hydrogens (tertiary/aromatic N) is 4. The molecule has 7 nitrogen and oxygen atoms in total. The van der Waals surface area contributed by atoms with Gasteiger partial charge in [-0.3, -0.25) is 9.97 Å². The normalized spacial score (nSPS) is 12.1. The third kappa shape index (κ3) is 3.27. The molecule has 0 bridgehead atoms. The summed E-state index contributed by atoms with van der Waals surface area (Å²) in [5.74, 6) is 0.705. The maximum absolute atomic E-state index is 6.27. The van der Waals surface area contributed by atoms with Crippen molar-refractivity contribution in [3.63, 3.8) is 0 Å². The van der Waals surface area contributed by atoms with Crippen LogP contribution >= 0.6 is 11.6 Å². The SMILES string of the molecule is C[C@@H](Nc1ncnc(N)c1N)c1cnc2ccc(Cl)cc2c1-c1ccccn1. The fourth-order valence-corrected chi connectivity index (χ4v) is 3.28. The molecule has 5 N–H and O–H groups in total. The lowest BCUT2D eigenvalue weighted by molar-refractivity contribution is 0.870. The fourth-order valence-electron chi connectivity index (χ4n) is 3.11. The molecular formula is C20H18ClN7. The minimum atomic E-state index is -0.176. The molecule has 140 valence electrons. The Bertz CT molecular complexity index is 1150. The molecule has 0 radical (unpaired) electrons. The summed E-state index contributed by atoms with van der Waals surface area (Å²) in [6.45, 7) is 2.00.